The number of nitrogens with zero attached hydrogens (tertiary/aromatic N) is 1. The largest absolute Gasteiger partial charge is 0.489 e. The highest BCUT2D eigenvalue weighted by molar-refractivity contribution is 7.99. The third kappa shape index (κ3) is 5.37. The maximum absolute atomic E-state index is 13.5. The molecule has 0 spiro atoms. The quantitative estimate of drug-likeness (QED) is 0.278. The Morgan fingerprint density at radius 1 is 1.08 bits per heavy atom. The highest BCUT2D eigenvalue weighted by Crippen LogP contribution is 2.48. The van der Waals surface area contributed by atoms with Gasteiger partial charge in [0.15, 0.2) is 10.9 Å². The summed E-state index contributed by atoms with van der Waals surface area (Å²) >= 11 is 1.56. The van der Waals surface area contributed by atoms with Gasteiger partial charge in [0.1, 0.15) is 18.2 Å². The van der Waals surface area contributed by atoms with Crippen LogP contribution >= 0.6 is 11.8 Å². The third-order valence-corrected chi connectivity index (χ3v) is 8.20. The van der Waals surface area contributed by atoms with Crippen LogP contribution in [0.5, 0.6) is 5.75 Å². The molecule has 2 unspecified atom stereocenters. The first-order valence-corrected chi connectivity index (χ1v) is 13.7. The van der Waals surface area contributed by atoms with E-state index in [1.807, 2.05) is 54.6 Å². The van der Waals surface area contributed by atoms with E-state index in [0.29, 0.717) is 40.4 Å². The van der Waals surface area contributed by atoms with Crippen molar-refractivity contribution in [2.75, 3.05) is 5.32 Å². The summed E-state index contributed by atoms with van der Waals surface area (Å²) in [6.45, 7) is 8.91. The number of aromatic amines is 1. The maximum Gasteiger partial charge on any atom is 0.257 e. The fraction of sp³-hybridized carbons (Fsp3) is 0.367. The monoisotopic (exact) mass is 515 g/mol. The average molecular weight is 516 g/mol. The van der Waals surface area contributed by atoms with E-state index in [9.17, 15) is 9.59 Å². The van der Waals surface area contributed by atoms with Crippen molar-refractivity contribution in [3.8, 4) is 5.75 Å². The Bertz CT molecular complexity index is 1390. The molecule has 2 heterocycles. The highest BCUT2D eigenvalue weighted by atomic mass is 32.2. The summed E-state index contributed by atoms with van der Waals surface area (Å²) in [4.78, 5) is 34.7. The molecule has 5 rings (SSSR count). The van der Waals surface area contributed by atoms with Crippen LogP contribution in [-0.2, 0) is 11.4 Å². The molecule has 6 nitrogen and oxygen atoms in total. The second-order valence-corrected chi connectivity index (χ2v) is 12.1. The maximum atomic E-state index is 13.5. The molecule has 2 atom stereocenters. The molecule has 2 aliphatic rings. The number of hydrogen-bond acceptors (Lipinski definition) is 6. The number of ketones is 1. The molecular weight excluding hydrogens is 482 g/mol. The molecule has 192 valence electrons. The fourth-order valence-corrected chi connectivity index (χ4v) is 5.90. The van der Waals surface area contributed by atoms with E-state index in [1.54, 1.807) is 11.8 Å². The van der Waals surface area contributed by atoms with E-state index in [2.05, 4.69) is 38.0 Å². The third-order valence-electron chi connectivity index (χ3n) is 7.05. The van der Waals surface area contributed by atoms with Gasteiger partial charge in [-0.25, -0.2) is 4.98 Å². The van der Waals surface area contributed by atoms with E-state index < -0.39 is 5.92 Å². The first kappa shape index (κ1) is 25.3. The van der Waals surface area contributed by atoms with Crippen LogP contribution in [-0.4, -0.2) is 21.0 Å². The van der Waals surface area contributed by atoms with E-state index in [-0.39, 0.29) is 16.8 Å². The molecule has 0 saturated carbocycles. The number of allylic oxidation sites excluding steroid dienone is 2. The van der Waals surface area contributed by atoms with E-state index in [0.717, 1.165) is 35.4 Å². The number of H-pyrrole nitrogens is 1. The van der Waals surface area contributed by atoms with Crippen molar-refractivity contribution in [2.45, 2.75) is 69.9 Å². The van der Waals surface area contributed by atoms with Gasteiger partial charge in [0.05, 0.1) is 5.56 Å². The van der Waals surface area contributed by atoms with Gasteiger partial charge >= 0.3 is 0 Å². The lowest BCUT2D eigenvalue weighted by Crippen LogP contribution is -2.37. The molecule has 1 aliphatic carbocycles. The van der Waals surface area contributed by atoms with Crippen molar-refractivity contribution < 1.29 is 9.53 Å². The van der Waals surface area contributed by atoms with Gasteiger partial charge in [-0.05, 0) is 41.5 Å². The highest BCUT2D eigenvalue weighted by Gasteiger charge is 2.42. The number of fused-ring (bicyclic) bond motifs is 1. The minimum absolute atomic E-state index is 0.0799. The summed E-state index contributed by atoms with van der Waals surface area (Å²) in [7, 11) is 0. The Morgan fingerprint density at radius 2 is 1.81 bits per heavy atom. The molecule has 1 aliphatic heterocycles. The zero-order chi connectivity index (χ0) is 26.2. The Hall–Kier alpha value is -3.32. The van der Waals surface area contributed by atoms with Crippen LogP contribution < -0.4 is 15.6 Å². The van der Waals surface area contributed by atoms with Gasteiger partial charge in [0.2, 0.25) is 0 Å². The molecule has 0 bridgehead atoms. The minimum atomic E-state index is -0.475. The van der Waals surface area contributed by atoms with Crippen molar-refractivity contribution in [3.05, 3.63) is 92.9 Å². The number of nitrogens with one attached hydrogen (secondary N) is 2. The second kappa shape index (κ2) is 10.2. The van der Waals surface area contributed by atoms with E-state index in [1.165, 1.54) is 0 Å². The van der Waals surface area contributed by atoms with Crippen LogP contribution in [0, 0.1) is 5.41 Å². The summed E-state index contributed by atoms with van der Waals surface area (Å²) in [5, 5.41) is 4.32. The number of rotatable bonds is 7. The lowest BCUT2D eigenvalue weighted by atomic mass is 9.69. The standard InChI is InChI=1S/C30H33N3O3S/c1-5-18(2)37-29-32-27-26(28(35)33-29)24(25-22(31-27)15-30(3,4)16-23(25)34)20-11-13-21(14-12-20)36-17-19-9-7-6-8-10-19/h6-14,18,24H,5,15-17H2,1-4H3,(H2,31,32,33,35). The summed E-state index contributed by atoms with van der Waals surface area (Å²) in [6, 6.07) is 17.7. The topological polar surface area (TPSA) is 84.1 Å². The lowest BCUT2D eigenvalue weighted by molar-refractivity contribution is -0.118. The molecule has 3 aromatic rings. The summed E-state index contributed by atoms with van der Waals surface area (Å²) < 4.78 is 5.97. The molecule has 7 heteroatoms. The summed E-state index contributed by atoms with van der Waals surface area (Å²) in [6.07, 6.45) is 2.15. The fourth-order valence-electron chi connectivity index (χ4n) is 5.05. The summed E-state index contributed by atoms with van der Waals surface area (Å²) in [5.74, 6) is 0.890. The van der Waals surface area contributed by atoms with Crippen molar-refractivity contribution in [1.29, 1.82) is 0 Å². The molecule has 1 aromatic heterocycles. The van der Waals surface area contributed by atoms with Crippen LogP contribution in [0.2, 0.25) is 0 Å². The second-order valence-electron chi connectivity index (χ2n) is 10.7. The van der Waals surface area contributed by atoms with Crippen LogP contribution in [0.1, 0.15) is 69.6 Å². The van der Waals surface area contributed by atoms with Gasteiger partial charge in [0.25, 0.3) is 5.56 Å². The Kier molecular flexibility index (Phi) is 6.99. The van der Waals surface area contributed by atoms with Crippen LogP contribution in [0.3, 0.4) is 0 Å². The van der Waals surface area contributed by atoms with E-state index >= 15 is 0 Å². The number of thioether (sulfide) groups is 1. The minimum Gasteiger partial charge on any atom is -0.489 e. The lowest BCUT2D eigenvalue weighted by Gasteiger charge is -2.38. The van der Waals surface area contributed by atoms with Crippen LogP contribution in [0.15, 0.2) is 75.8 Å². The SMILES string of the molecule is CCC(C)Sc1nc2c(c(=O)[nH]1)C(c1ccc(OCc3ccccc3)cc1)C1=C(CC(C)(C)CC1=O)N2. The van der Waals surface area contributed by atoms with Gasteiger partial charge in [0, 0.05) is 28.9 Å². The van der Waals surface area contributed by atoms with Gasteiger partial charge in [-0.2, -0.15) is 0 Å². The first-order chi connectivity index (χ1) is 17.7. The van der Waals surface area contributed by atoms with Crippen LogP contribution in [0.25, 0.3) is 0 Å². The Balaban J connectivity index is 1.53. The smallest absolute Gasteiger partial charge is 0.257 e. The molecular formula is C30H33N3O3S. The molecule has 2 N–H and O–H groups in total. The average Bonchev–Trinajstić information content (AvgIpc) is 2.86. The molecule has 0 amide bonds. The number of benzene rings is 2. The van der Waals surface area contributed by atoms with Gasteiger partial charge in [-0.15, -0.1) is 0 Å². The van der Waals surface area contributed by atoms with E-state index in [4.69, 9.17) is 9.72 Å². The predicted octanol–water partition coefficient (Wildman–Crippen LogP) is 6.44. The van der Waals surface area contributed by atoms with Gasteiger partial charge in [-0.1, -0.05) is 81.9 Å². The molecule has 0 saturated heterocycles. The first-order valence-electron chi connectivity index (χ1n) is 12.8. The molecule has 37 heavy (non-hydrogen) atoms. The Morgan fingerprint density at radius 3 is 2.51 bits per heavy atom. The number of Topliss-reactive ketones (excluding diaryl/α,β-unsaturated/α-hetero) is 1. The normalized spacial score (nSPS) is 19.0. The van der Waals surface area contributed by atoms with Crippen LogP contribution in [0.4, 0.5) is 5.82 Å². The number of hydrogen-bond donors (Lipinski definition) is 2. The number of aromatic nitrogens is 2. The molecule has 0 fully saturated rings. The Labute approximate surface area is 222 Å². The zero-order valence-electron chi connectivity index (χ0n) is 21.8. The van der Waals surface area contributed by atoms with Crippen molar-refractivity contribution >= 4 is 23.4 Å². The number of anilines is 1. The molecule has 0 radical (unpaired) electrons. The van der Waals surface area contributed by atoms with Crippen molar-refractivity contribution in [1.82, 2.24) is 9.97 Å². The van der Waals surface area contributed by atoms with Gasteiger partial charge < -0.3 is 15.0 Å². The number of carbonyl (C=O) groups is 1. The number of carbonyl (C=O) groups excluding carboxylic acids is 1. The van der Waals surface area contributed by atoms with Gasteiger partial charge in [-0.3, -0.25) is 9.59 Å². The van der Waals surface area contributed by atoms with Crippen molar-refractivity contribution in [2.24, 2.45) is 5.41 Å². The van der Waals surface area contributed by atoms with Crippen molar-refractivity contribution in [3.63, 3.8) is 0 Å². The zero-order valence-corrected chi connectivity index (χ0v) is 22.6. The predicted molar refractivity (Wildman–Crippen MR) is 148 cm³/mol. The number of ether oxygens (including phenoxy) is 1. The molecule has 2 aromatic carbocycles. The summed E-state index contributed by atoms with van der Waals surface area (Å²) in [5.41, 5.74) is 3.66.